The van der Waals surface area contributed by atoms with Gasteiger partial charge in [-0.25, -0.2) is 0 Å². The van der Waals surface area contributed by atoms with E-state index in [0.717, 1.165) is 0 Å². The molecule has 0 aromatic carbocycles. The standard InChI is InChI=1S/C14H20S/c1-14(2,3)13-10-9-12(15-13)11-7-5-4-6-8-11/h7,9-10H,4-6,8H2,1-3H3. The van der Waals surface area contributed by atoms with Gasteiger partial charge in [0.15, 0.2) is 0 Å². The van der Waals surface area contributed by atoms with E-state index in [-0.39, 0.29) is 0 Å². The van der Waals surface area contributed by atoms with Crippen LogP contribution in [0.5, 0.6) is 0 Å². The van der Waals surface area contributed by atoms with Crippen LogP contribution in [-0.2, 0) is 5.41 Å². The zero-order chi connectivity index (χ0) is 10.9. The Balaban J connectivity index is 2.23. The molecule has 0 nitrogen and oxygen atoms in total. The van der Waals surface area contributed by atoms with Crippen LogP contribution in [0.15, 0.2) is 18.2 Å². The van der Waals surface area contributed by atoms with Gasteiger partial charge in [-0.1, -0.05) is 26.8 Å². The summed E-state index contributed by atoms with van der Waals surface area (Å²) in [5.41, 5.74) is 1.89. The fourth-order valence-corrected chi connectivity index (χ4v) is 3.11. The van der Waals surface area contributed by atoms with E-state index in [9.17, 15) is 0 Å². The number of allylic oxidation sites excluding steroid dienone is 2. The highest BCUT2D eigenvalue weighted by atomic mass is 32.1. The average Bonchev–Trinajstić information content (AvgIpc) is 2.67. The summed E-state index contributed by atoms with van der Waals surface area (Å²) in [6.45, 7) is 6.87. The first-order valence-corrected chi connectivity index (χ1v) is 6.69. The van der Waals surface area contributed by atoms with Crippen LogP contribution in [-0.4, -0.2) is 0 Å². The third-order valence-corrected chi connectivity index (χ3v) is 4.54. The molecule has 0 spiro atoms. The Bertz CT molecular complexity index is 363. The predicted molar refractivity (Wildman–Crippen MR) is 69.5 cm³/mol. The summed E-state index contributed by atoms with van der Waals surface area (Å²) >= 11 is 1.98. The maximum Gasteiger partial charge on any atom is 0.0302 e. The number of hydrogen-bond acceptors (Lipinski definition) is 1. The molecule has 1 aliphatic rings. The summed E-state index contributed by atoms with van der Waals surface area (Å²) in [5.74, 6) is 0. The van der Waals surface area contributed by atoms with Gasteiger partial charge in [0.1, 0.15) is 0 Å². The molecule has 0 saturated heterocycles. The maximum atomic E-state index is 2.43. The Morgan fingerprint density at radius 3 is 2.47 bits per heavy atom. The molecule has 1 heterocycles. The van der Waals surface area contributed by atoms with Gasteiger partial charge in [0.05, 0.1) is 0 Å². The molecule has 1 heteroatoms. The van der Waals surface area contributed by atoms with Gasteiger partial charge in [0, 0.05) is 9.75 Å². The second-order valence-corrected chi connectivity index (χ2v) is 6.47. The molecule has 0 radical (unpaired) electrons. The van der Waals surface area contributed by atoms with E-state index in [2.05, 4.69) is 39.0 Å². The van der Waals surface area contributed by atoms with Crippen LogP contribution in [0.25, 0.3) is 5.57 Å². The molecule has 82 valence electrons. The van der Waals surface area contributed by atoms with Crippen molar-refractivity contribution in [1.29, 1.82) is 0 Å². The topological polar surface area (TPSA) is 0 Å². The highest BCUT2D eigenvalue weighted by molar-refractivity contribution is 7.13. The minimum Gasteiger partial charge on any atom is -0.140 e. The van der Waals surface area contributed by atoms with Crippen molar-refractivity contribution in [2.24, 2.45) is 0 Å². The minimum absolute atomic E-state index is 0.304. The summed E-state index contributed by atoms with van der Waals surface area (Å²) in [6, 6.07) is 4.61. The molecule has 0 N–H and O–H groups in total. The first kappa shape index (κ1) is 10.9. The molecular formula is C14H20S. The summed E-state index contributed by atoms with van der Waals surface area (Å²) in [7, 11) is 0. The predicted octanol–water partition coefficient (Wildman–Crippen LogP) is 5.00. The second kappa shape index (κ2) is 4.13. The van der Waals surface area contributed by atoms with Crippen molar-refractivity contribution in [3.8, 4) is 0 Å². The average molecular weight is 220 g/mol. The third kappa shape index (κ3) is 2.52. The Hall–Kier alpha value is -0.560. The van der Waals surface area contributed by atoms with Crippen LogP contribution in [0.4, 0.5) is 0 Å². The lowest BCUT2D eigenvalue weighted by Gasteiger charge is -2.16. The molecule has 0 saturated carbocycles. The van der Waals surface area contributed by atoms with Crippen molar-refractivity contribution >= 4 is 16.9 Å². The Morgan fingerprint density at radius 1 is 1.13 bits per heavy atom. The van der Waals surface area contributed by atoms with Crippen molar-refractivity contribution in [1.82, 2.24) is 0 Å². The maximum absolute atomic E-state index is 2.43. The van der Waals surface area contributed by atoms with E-state index in [4.69, 9.17) is 0 Å². The zero-order valence-electron chi connectivity index (χ0n) is 9.97. The zero-order valence-corrected chi connectivity index (χ0v) is 10.8. The van der Waals surface area contributed by atoms with Gasteiger partial charge in [0.25, 0.3) is 0 Å². The van der Waals surface area contributed by atoms with Gasteiger partial charge in [-0.2, -0.15) is 0 Å². The minimum atomic E-state index is 0.304. The molecule has 0 fully saturated rings. The van der Waals surface area contributed by atoms with E-state index >= 15 is 0 Å². The van der Waals surface area contributed by atoms with E-state index in [1.165, 1.54) is 35.4 Å². The van der Waals surface area contributed by atoms with E-state index in [0.29, 0.717) is 5.41 Å². The molecule has 0 bridgehead atoms. The molecule has 15 heavy (non-hydrogen) atoms. The highest BCUT2D eigenvalue weighted by Crippen LogP contribution is 2.36. The second-order valence-electron chi connectivity index (χ2n) is 5.39. The number of thiophene rings is 1. The quantitative estimate of drug-likeness (QED) is 0.624. The monoisotopic (exact) mass is 220 g/mol. The van der Waals surface area contributed by atoms with E-state index < -0.39 is 0 Å². The normalized spacial score (nSPS) is 17.7. The van der Waals surface area contributed by atoms with Crippen LogP contribution in [0, 0.1) is 0 Å². The smallest absolute Gasteiger partial charge is 0.0302 e. The molecule has 1 aromatic heterocycles. The van der Waals surface area contributed by atoms with Gasteiger partial charge >= 0.3 is 0 Å². The van der Waals surface area contributed by atoms with Crippen LogP contribution >= 0.6 is 11.3 Å². The lowest BCUT2D eigenvalue weighted by atomic mass is 9.94. The fourth-order valence-electron chi connectivity index (χ4n) is 1.98. The van der Waals surface area contributed by atoms with Crippen molar-refractivity contribution in [2.45, 2.75) is 51.9 Å². The largest absolute Gasteiger partial charge is 0.140 e. The van der Waals surface area contributed by atoms with Gasteiger partial charge in [-0.3, -0.25) is 0 Å². The molecule has 1 aromatic rings. The Morgan fingerprint density at radius 2 is 1.93 bits per heavy atom. The van der Waals surface area contributed by atoms with Crippen molar-refractivity contribution in [3.63, 3.8) is 0 Å². The van der Waals surface area contributed by atoms with Gasteiger partial charge in [-0.05, 0) is 48.8 Å². The van der Waals surface area contributed by atoms with Crippen LogP contribution in [0.3, 0.4) is 0 Å². The summed E-state index contributed by atoms with van der Waals surface area (Å²) in [4.78, 5) is 3.00. The summed E-state index contributed by atoms with van der Waals surface area (Å²) in [6.07, 6.45) is 7.74. The number of hydrogen-bond donors (Lipinski definition) is 0. The van der Waals surface area contributed by atoms with Gasteiger partial charge in [0.2, 0.25) is 0 Å². The molecule has 0 atom stereocenters. The van der Waals surface area contributed by atoms with Crippen molar-refractivity contribution in [2.75, 3.05) is 0 Å². The van der Waals surface area contributed by atoms with E-state index in [1.807, 2.05) is 11.3 Å². The molecule has 0 unspecified atom stereocenters. The fraction of sp³-hybridized carbons (Fsp3) is 0.571. The molecule has 0 amide bonds. The first-order chi connectivity index (χ1) is 7.07. The molecular weight excluding hydrogens is 200 g/mol. The molecule has 0 aliphatic heterocycles. The first-order valence-electron chi connectivity index (χ1n) is 5.87. The van der Waals surface area contributed by atoms with E-state index in [1.54, 1.807) is 5.57 Å². The van der Waals surface area contributed by atoms with Crippen molar-refractivity contribution in [3.05, 3.63) is 28.0 Å². The lowest BCUT2D eigenvalue weighted by molar-refractivity contribution is 0.604. The SMILES string of the molecule is CC(C)(C)c1ccc(C2=CCCCC2)s1. The van der Waals surface area contributed by atoms with Crippen LogP contribution in [0.1, 0.15) is 56.2 Å². The highest BCUT2D eigenvalue weighted by Gasteiger charge is 2.17. The van der Waals surface area contributed by atoms with Crippen LogP contribution in [0.2, 0.25) is 0 Å². The lowest BCUT2D eigenvalue weighted by Crippen LogP contribution is -2.07. The Kier molecular flexibility index (Phi) is 3.01. The molecule has 2 rings (SSSR count). The van der Waals surface area contributed by atoms with Crippen LogP contribution < -0.4 is 0 Å². The summed E-state index contributed by atoms with van der Waals surface area (Å²) < 4.78 is 0. The third-order valence-electron chi connectivity index (χ3n) is 2.95. The molecule has 1 aliphatic carbocycles. The Labute approximate surface area is 97.0 Å². The number of rotatable bonds is 1. The van der Waals surface area contributed by atoms with Crippen molar-refractivity contribution < 1.29 is 0 Å². The van der Waals surface area contributed by atoms with Gasteiger partial charge in [-0.15, -0.1) is 11.3 Å². The van der Waals surface area contributed by atoms with Gasteiger partial charge < -0.3 is 0 Å². The summed E-state index contributed by atoms with van der Waals surface area (Å²) in [5, 5.41) is 0.